The van der Waals surface area contributed by atoms with Crippen molar-refractivity contribution in [1.82, 2.24) is 10.2 Å². The maximum atomic E-state index is 12.4. The van der Waals surface area contributed by atoms with Gasteiger partial charge in [0.2, 0.25) is 5.91 Å². The molecule has 2 amide bonds. The van der Waals surface area contributed by atoms with Crippen LogP contribution in [0.5, 0.6) is 0 Å². The molecule has 0 aliphatic carbocycles. The largest absolute Gasteiger partial charge is 0.368 e. The first-order valence-electron chi connectivity index (χ1n) is 8.85. The first kappa shape index (κ1) is 19.9. The Morgan fingerprint density at radius 1 is 1.04 bits per heavy atom. The number of piperazine rings is 1. The number of nitrogens with one attached hydrogen (secondary N) is 1. The molecular weight excluding hydrogens is 477 g/mol. The molecule has 0 unspecified atom stereocenters. The zero-order valence-electron chi connectivity index (χ0n) is 14.8. The van der Waals surface area contributed by atoms with Crippen molar-refractivity contribution in [2.75, 3.05) is 37.6 Å². The van der Waals surface area contributed by atoms with Crippen LogP contribution in [0.4, 0.5) is 5.69 Å². The minimum Gasteiger partial charge on any atom is -0.368 e. The number of carbonyl (C=O) groups is 2. The third-order valence-corrected chi connectivity index (χ3v) is 5.73. The molecule has 142 valence electrons. The topological polar surface area (TPSA) is 52.7 Å². The van der Waals surface area contributed by atoms with Crippen molar-refractivity contribution in [3.05, 3.63) is 62.7 Å². The van der Waals surface area contributed by atoms with E-state index in [1.54, 1.807) is 18.2 Å². The van der Waals surface area contributed by atoms with E-state index >= 15 is 0 Å². The Labute approximate surface area is 177 Å². The Balaban J connectivity index is 1.44. The van der Waals surface area contributed by atoms with Crippen molar-refractivity contribution >= 4 is 51.7 Å². The number of hydrogen-bond donors (Lipinski definition) is 1. The van der Waals surface area contributed by atoms with Gasteiger partial charge in [-0.1, -0.05) is 29.8 Å². The summed E-state index contributed by atoms with van der Waals surface area (Å²) in [4.78, 5) is 28.8. The molecule has 0 atom stereocenters. The van der Waals surface area contributed by atoms with Gasteiger partial charge in [0.25, 0.3) is 5.91 Å². The van der Waals surface area contributed by atoms with Gasteiger partial charge in [-0.25, -0.2) is 0 Å². The van der Waals surface area contributed by atoms with Crippen molar-refractivity contribution < 1.29 is 9.59 Å². The molecular formula is C20H21ClIN3O2. The normalized spacial score (nSPS) is 14.1. The number of anilines is 1. The van der Waals surface area contributed by atoms with Crippen molar-refractivity contribution in [2.24, 2.45) is 0 Å². The molecule has 3 rings (SSSR count). The number of halogens is 2. The van der Waals surface area contributed by atoms with Gasteiger partial charge in [-0.15, -0.1) is 0 Å². The van der Waals surface area contributed by atoms with Gasteiger partial charge in [-0.2, -0.15) is 0 Å². The lowest BCUT2D eigenvalue weighted by Crippen LogP contribution is -2.49. The molecule has 27 heavy (non-hydrogen) atoms. The Morgan fingerprint density at radius 2 is 1.74 bits per heavy atom. The van der Waals surface area contributed by atoms with Crippen molar-refractivity contribution in [3.63, 3.8) is 0 Å². The van der Waals surface area contributed by atoms with E-state index in [2.05, 4.69) is 44.9 Å². The summed E-state index contributed by atoms with van der Waals surface area (Å²) in [5.74, 6) is -0.132. The van der Waals surface area contributed by atoms with E-state index in [0.29, 0.717) is 36.6 Å². The fraction of sp³-hybridized carbons (Fsp3) is 0.300. The molecule has 0 saturated carbocycles. The van der Waals surface area contributed by atoms with Gasteiger partial charge >= 0.3 is 0 Å². The summed E-state index contributed by atoms with van der Waals surface area (Å²) in [5.41, 5.74) is 1.72. The van der Waals surface area contributed by atoms with Crippen molar-refractivity contribution in [3.8, 4) is 0 Å². The van der Waals surface area contributed by atoms with Crippen LogP contribution in [0, 0.1) is 3.57 Å². The van der Waals surface area contributed by atoms with Crippen LogP contribution >= 0.6 is 34.2 Å². The zero-order chi connectivity index (χ0) is 19.2. The number of para-hydroxylation sites is 1. The van der Waals surface area contributed by atoms with Crippen LogP contribution in [0.1, 0.15) is 16.8 Å². The monoisotopic (exact) mass is 497 g/mol. The molecule has 1 saturated heterocycles. The lowest BCUT2D eigenvalue weighted by Gasteiger charge is -2.36. The minimum absolute atomic E-state index is 0.0730. The molecule has 0 aromatic heterocycles. The first-order chi connectivity index (χ1) is 13.0. The SMILES string of the molecule is O=C(NCCC(=O)N1CCN(c2ccccc2)CC1)c1cc(Cl)ccc1I. The third kappa shape index (κ3) is 5.35. The van der Waals surface area contributed by atoms with Crippen LogP contribution in [0.3, 0.4) is 0 Å². The zero-order valence-corrected chi connectivity index (χ0v) is 17.7. The maximum Gasteiger partial charge on any atom is 0.252 e. The van der Waals surface area contributed by atoms with E-state index in [0.717, 1.165) is 16.7 Å². The van der Waals surface area contributed by atoms with E-state index in [1.165, 1.54) is 5.69 Å². The number of amides is 2. The molecule has 1 N–H and O–H groups in total. The number of hydrogen-bond acceptors (Lipinski definition) is 3. The van der Waals surface area contributed by atoms with Crippen LogP contribution in [-0.4, -0.2) is 49.4 Å². The second-order valence-corrected chi connectivity index (χ2v) is 7.93. The number of carbonyl (C=O) groups excluding carboxylic acids is 2. The fourth-order valence-electron chi connectivity index (χ4n) is 3.06. The van der Waals surface area contributed by atoms with E-state index in [1.807, 2.05) is 23.1 Å². The number of nitrogens with zero attached hydrogens (tertiary/aromatic N) is 2. The second-order valence-electron chi connectivity index (χ2n) is 6.33. The Hall–Kier alpha value is -1.80. The lowest BCUT2D eigenvalue weighted by atomic mass is 10.2. The molecule has 2 aromatic rings. The van der Waals surface area contributed by atoms with Gasteiger partial charge in [-0.05, 0) is 52.9 Å². The van der Waals surface area contributed by atoms with Gasteiger partial charge in [0.1, 0.15) is 0 Å². The van der Waals surface area contributed by atoms with Crippen molar-refractivity contribution in [2.45, 2.75) is 6.42 Å². The number of benzene rings is 2. The van der Waals surface area contributed by atoms with E-state index in [9.17, 15) is 9.59 Å². The highest BCUT2D eigenvalue weighted by molar-refractivity contribution is 14.1. The fourth-order valence-corrected chi connectivity index (χ4v) is 3.81. The molecule has 1 heterocycles. The summed E-state index contributed by atoms with van der Waals surface area (Å²) in [6, 6.07) is 15.4. The van der Waals surface area contributed by atoms with Gasteiger partial charge in [0, 0.05) is 53.4 Å². The Bertz CT molecular complexity index is 808. The summed E-state index contributed by atoms with van der Waals surface area (Å²) < 4.78 is 0.831. The molecule has 1 fully saturated rings. The molecule has 1 aliphatic heterocycles. The highest BCUT2D eigenvalue weighted by Gasteiger charge is 2.21. The van der Waals surface area contributed by atoms with Crippen molar-refractivity contribution in [1.29, 1.82) is 0 Å². The van der Waals surface area contributed by atoms with E-state index in [4.69, 9.17) is 11.6 Å². The van der Waals surface area contributed by atoms with E-state index < -0.39 is 0 Å². The average molecular weight is 498 g/mol. The van der Waals surface area contributed by atoms with Crippen LogP contribution in [-0.2, 0) is 4.79 Å². The standard InChI is InChI=1S/C20H21ClIN3O2/c21-15-6-7-18(22)17(14-15)20(27)23-9-8-19(26)25-12-10-24(11-13-25)16-4-2-1-3-5-16/h1-7,14H,8-13H2,(H,23,27). The molecule has 1 aliphatic rings. The molecule has 7 heteroatoms. The van der Waals surface area contributed by atoms with Gasteiger partial charge in [0.05, 0.1) is 5.56 Å². The first-order valence-corrected chi connectivity index (χ1v) is 10.3. The second kappa shape index (κ2) is 9.41. The predicted molar refractivity (Wildman–Crippen MR) is 116 cm³/mol. The van der Waals surface area contributed by atoms with Gasteiger partial charge in [0.15, 0.2) is 0 Å². The summed E-state index contributed by atoms with van der Waals surface area (Å²) >= 11 is 8.05. The number of rotatable bonds is 5. The third-order valence-electron chi connectivity index (χ3n) is 4.55. The highest BCUT2D eigenvalue weighted by Crippen LogP contribution is 2.18. The molecule has 5 nitrogen and oxygen atoms in total. The maximum absolute atomic E-state index is 12.4. The summed E-state index contributed by atoms with van der Waals surface area (Å²) in [5, 5.41) is 3.33. The molecule has 0 radical (unpaired) electrons. The van der Waals surface area contributed by atoms with E-state index in [-0.39, 0.29) is 11.8 Å². The Morgan fingerprint density at radius 3 is 2.44 bits per heavy atom. The predicted octanol–water partition coefficient (Wildman–Crippen LogP) is 3.41. The van der Waals surface area contributed by atoms with Gasteiger partial charge in [-0.3, -0.25) is 9.59 Å². The molecule has 0 bridgehead atoms. The Kier molecular flexibility index (Phi) is 6.95. The summed E-state index contributed by atoms with van der Waals surface area (Å²) in [7, 11) is 0. The summed E-state index contributed by atoms with van der Waals surface area (Å²) in [6.45, 7) is 3.37. The quantitative estimate of drug-likeness (QED) is 0.644. The highest BCUT2D eigenvalue weighted by atomic mass is 127. The van der Waals surface area contributed by atoms with Crippen LogP contribution in [0.2, 0.25) is 5.02 Å². The molecule has 0 spiro atoms. The van der Waals surface area contributed by atoms with Crippen LogP contribution in [0.25, 0.3) is 0 Å². The lowest BCUT2D eigenvalue weighted by molar-refractivity contribution is -0.131. The van der Waals surface area contributed by atoms with Gasteiger partial charge < -0.3 is 15.1 Å². The smallest absolute Gasteiger partial charge is 0.252 e. The van der Waals surface area contributed by atoms with Crippen LogP contribution in [0.15, 0.2) is 48.5 Å². The minimum atomic E-state index is -0.205. The average Bonchev–Trinajstić information content (AvgIpc) is 2.70. The molecule has 2 aromatic carbocycles. The summed E-state index contributed by atoms with van der Waals surface area (Å²) in [6.07, 6.45) is 0.300. The van der Waals surface area contributed by atoms with Crippen LogP contribution < -0.4 is 10.2 Å².